The number of hydrogen-bond acceptors (Lipinski definition) is 6. The van der Waals surface area contributed by atoms with Gasteiger partial charge in [0.15, 0.2) is 0 Å². The molecule has 2 saturated heterocycles. The number of nitrogens with zero attached hydrogens (tertiary/aromatic N) is 3. The SMILES string of the molecule is CC1CN(S(=O)(=O)c2cccc(C(=O)NCc3ccc(N4CCCC4)nc3)c2)CC(C)O1. The van der Waals surface area contributed by atoms with E-state index in [1.54, 1.807) is 18.3 Å². The van der Waals surface area contributed by atoms with Crippen LogP contribution in [0.25, 0.3) is 0 Å². The van der Waals surface area contributed by atoms with Gasteiger partial charge in [0.2, 0.25) is 10.0 Å². The van der Waals surface area contributed by atoms with Crippen molar-refractivity contribution in [2.75, 3.05) is 31.1 Å². The fourth-order valence-corrected chi connectivity index (χ4v) is 5.85. The molecule has 0 radical (unpaired) electrons. The average molecular weight is 459 g/mol. The lowest BCUT2D eigenvalue weighted by molar-refractivity contribution is -0.0440. The van der Waals surface area contributed by atoms with Crippen LogP contribution in [0.1, 0.15) is 42.6 Å². The van der Waals surface area contributed by atoms with Crippen LogP contribution in [0, 0.1) is 0 Å². The molecule has 172 valence electrons. The summed E-state index contributed by atoms with van der Waals surface area (Å²) >= 11 is 0. The first-order valence-corrected chi connectivity index (χ1v) is 12.5. The van der Waals surface area contributed by atoms with Crippen molar-refractivity contribution in [1.29, 1.82) is 0 Å². The minimum atomic E-state index is -3.71. The molecule has 1 aromatic heterocycles. The highest BCUT2D eigenvalue weighted by Gasteiger charge is 2.32. The van der Waals surface area contributed by atoms with Crippen LogP contribution in [0.15, 0.2) is 47.5 Å². The second-order valence-electron chi connectivity index (χ2n) is 8.51. The minimum absolute atomic E-state index is 0.114. The number of morpholine rings is 1. The molecule has 1 N–H and O–H groups in total. The number of amides is 1. The lowest BCUT2D eigenvalue weighted by Crippen LogP contribution is -2.48. The first-order valence-electron chi connectivity index (χ1n) is 11.1. The van der Waals surface area contributed by atoms with Gasteiger partial charge in [-0.25, -0.2) is 13.4 Å². The number of pyridine rings is 1. The van der Waals surface area contributed by atoms with E-state index in [1.807, 2.05) is 26.0 Å². The molecule has 4 rings (SSSR count). The topological polar surface area (TPSA) is 91.8 Å². The fraction of sp³-hybridized carbons (Fsp3) is 0.478. The van der Waals surface area contributed by atoms with E-state index in [0.717, 1.165) is 24.5 Å². The molecule has 2 fully saturated rings. The van der Waals surface area contributed by atoms with Crippen molar-refractivity contribution in [2.24, 2.45) is 0 Å². The van der Waals surface area contributed by atoms with Crippen LogP contribution in [-0.2, 0) is 21.3 Å². The van der Waals surface area contributed by atoms with Crippen LogP contribution in [0.5, 0.6) is 0 Å². The summed E-state index contributed by atoms with van der Waals surface area (Å²) in [6, 6.07) is 10.1. The molecular formula is C23H30N4O4S. The van der Waals surface area contributed by atoms with Gasteiger partial charge < -0.3 is 15.0 Å². The second-order valence-corrected chi connectivity index (χ2v) is 10.4. The normalized spacial score (nSPS) is 22.1. The van der Waals surface area contributed by atoms with Crippen LogP contribution in [0.4, 0.5) is 5.82 Å². The third-order valence-electron chi connectivity index (χ3n) is 5.81. The number of benzene rings is 1. The monoisotopic (exact) mass is 458 g/mol. The van der Waals surface area contributed by atoms with Gasteiger partial charge in [-0.05, 0) is 56.5 Å². The number of anilines is 1. The minimum Gasteiger partial charge on any atom is -0.373 e. The quantitative estimate of drug-likeness (QED) is 0.715. The van der Waals surface area contributed by atoms with Gasteiger partial charge in [0.1, 0.15) is 5.82 Å². The molecule has 9 heteroatoms. The van der Waals surface area contributed by atoms with E-state index in [4.69, 9.17) is 4.74 Å². The Bertz CT molecular complexity index is 1040. The molecule has 1 amide bonds. The number of rotatable bonds is 6. The van der Waals surface area contributed by atoms with E-state index in [-0.39, 0.29) is 23.0 Å². The zero-order chi connectivity index (χ0) is 22.7. The standard InChI is InChI=1S/C23H30N4O4S/c1-17-15-27(16-18(2)31-17)32(29,30)21-7-5-6-20(12-21)23(28)25-14-19-8-9-22(24-13-19)26-10-3-4-11-26/h5-9,12-13,17-18H,3-4,10-11,14-16H2,1-2H3,(H,25,28). The first kappa shape index (κ1) is 22.7. The Balaban J connectivity index is 1.41. The predicted octanol–water partition coefficient (Wildman–Crippen LogP) is 2.41. The summed E-state index contributed by atoms with van der Waals surface area (Å²) in [5.74, 6) is 0.636. The maximum absolute atomic E-state index is 13.1. The van der Waals surface area contributed by atoms with Crippen LogP contribution >= 0.6 is 0 Å². The molecular weight excluding hydrogens is 428 g/mol. The molecule has 0 spiro atoms. The summed E-state index contributed by atoms with van der Waals surface area (Å²) in [4.78, 5) is 19.6. The summed E-state index contributed by atoms with van der Waals surface area (Å²) in [5.41, 5.74) is 1.20. The third kappa shape index (κ3) is 5.11. The first-order chi connectivity index (χ1) is 15.3. The van der Waals surface area contributed by atoms with Gasteiger partial charge in [-0.2, -0.15) is 4.31 Å². The van der Waals surface area contributed by atoms with Gasteiger partial charge in [-0.3, -0.25) is 4.79 Å². The Morgan fingerprint density at radius 1 is 1.12 bits per heavy atom. The van der Waals surface area contributed by atoms with Crippen molar-refractivity contribution >= 4 is 21.7 Å². The van der Waals surface area contributed by atoms with Crippen LogP contribution in [-0.4, -0.2) is 62.0 Å². The van der Waals surface area contributed by atoms with Gasteiger partial charge in [-0.1, -0.05) is 12.1 Å². The number of hydrogen-bond donors (Lipinski definition) is 1. The van der Waals surface area contributed by atoms with E-state index in [1.165, 1.54) is 29.3 Å². The van der Waals surface area contributed by atoms with Crippen molar-refractivity contribution < 1.29 is 17.9 Å². The fourth-order valence-electron chi connectivity index (χ4n) is 4.21. The molecule has 2 aromatic rings. The van der Waals surface area contributed by atoms with Gasteiger partial charge in [0, 0.05) is 44.5 Å². The average Bonchev–Trinajstić information content (AvgIpc) is 3.32. The number of carbonyl (C=O) groups is 1. The Morgan fingerprint density at radius 2 is 1.84 bits per heavy atom. The highest BCUT2D eigenvalue weighted by Crippen LogP contribution is 2.22. The Labute approximate surface area is 189 Å². The molecule has 8 nitrogen and oxygen atoms in total. The summed E-state index contributed by atoms with van der Waals surface area (Å²) in [5, 5.41) is 2.86. The Hall–Kier alpha value is -2.49. The molecule has 32 heavy (non-hydrogen) atoms. The van der Waals surface area contributed by atoms with E-state index in [0.29, 0.717) is 25.2 Å². The summed E-state index contributed by atoms with van der Waals surface area (Å²) in [7, 11) is -3.71. The molecule has 2 aliphatic heterocycles. The largest absolute Gasteiger partial charge is 0.373 e. The summed E-state index contributed by atoms with van der Waals surface area (Å²) < 4.78 is 33.3. The number of nitrogens with one attached hydrogen (secondary N) is 1. The molecule has 1 aromatic carbocycles. The summed E-state index contributed by atoms with van der Waals surface area (Å²) in [6.07, 6.45) is 3.81. The van der Waals surface area contributed by atoms with Gasteiger partial charge in [0.05, 0.1) is 17.1 Å². The zero-order valence-corrected chi connectivity index (χ0v) is 19.3. The van der Waals surface area contributed by atoms with Crippen molar-refractivity contribution in [3.63, 3.8) is 0 Å². The van der Waals surface area contributed by atoms with Crippen molar-refractivity contribution in [3.05, 3.63) is 53.7 Å². The smallest absolute Gasteiger partial charge is 0.251 e. The van der Waals surface area contributed by atoms with E-state index < -0.39 is 10.0 Å². The Morgan fingerprint density at radius 3 is 2.50 bits per heavy atom. The van der Waals surface area contributed by atoms with Gasteiger partial charge in [-0.15, -0.1) is 0 Å². The maximum atomic E-state index is 13.1. The molecule has 2 unspecified atom stereocenters. The second kappa shape index (κ2) is 9.56. The molecule has 0 bridgehead atoms. The van der Waals surface area contributed by atoms with Crippen molar-refractivity contribution in [3.8, 4) is 0 Å². The van der Waals surface area contributed by atoms with Gasteiger partial charge in [0.25, 0.3) is 5.91 Å². The molecule has 0 saturated carbocycles. The number of ether oxygens (including phenoxy) is 1. The highest BCUT2D eigenvalue weighted by atomic mass is 32.2. The highest BCUT2D eigenvalue weighted by molar-refractivity contribution is 7.89. The van der Waals surface area contributed by atoms with E-state index in [9.17, 15) is 13.2 Å². The van der Waals surface area contributed by atoms with Crippen molar-refractivity contribution in [2.45, 2.75) is 50.3 Å². The van der Waals surface area contributed by atoms with Crippen LogP contribution in [0.3, 0.4) is 0 Å². The number of sulfonamides is 1. The molecule has 2 aliphatic rings. The van der Waals surface area contributed by atoms with Crippen molar-refractivity contribution in [1.82, 2.24) is 14.6 Å². The van der Waals surface area contributed by atoms with Crippen LogP contribution < -0.4 is 10.2 Å². The lowest BCUT2D eigenvalue weighted by atomic mass is 10.2. The summed E-state index contributed by atoms with van der Waals surface area (Å²) in [6.45, 7) is 6.69. The third-order valence-corrected chi connectivity index (χ3v) is 7.64. The number of aromatic nitrogens is 1. The maximum Gasteiger partial charge on any atom is 0.251 e. The van der Waals surface area contributed by atoms with E-state index >= 15 is 0 Å². The van der Waals surface area contributed by atoms with E-state index in [2.05, 4.69) is 15.2 Å². The number of carbonyl (C=O) groups excluding carboxylic acids is 1. The van der Waals surface area contributed by atoms with Crippen LogP contribution in [0.2, 0.25) is 0 Å². The molecule has 2 atom stereocenters. The Kier molecular flexibility index (Phi) is 6.78. The zero-order valence-electron chi connectivity index (χ0n) is 18.5. The molecule has 0 aliphatic carbocycles. The molecule has 3 heterocycles. The predicted molar refractivity (Wildman–Crippen MR) is 122 cm³/mol. The van der Waals surface area contributed by atoms with Gasteiger partial charge >= 0.3 is 0 Å². The lowest BCUT2D eigenvalue weighted by Gasteiger charge is -2.34.